The molecule has 6 nitrogen and oxygen atoms in total. The lowest BCUT2D eigenvalue weighted by atomic mass is 9.93. The van der Waals surface area contributed by atoms with E-state index >= 15 is 0 Å². The number of pyridine rings is 1. The highest BCUT2D eigenvalue weighted by atomic mass is 32.1. The number of aliphatic hydroxyl groups excluding tert-OH is 1. The van der Waals surface area contributed by atoms with E-state index in [4.69, 9.17) is 5.10 Å². The van der Waals surface area contributed by atoms with Crippen LogP contribution in [-0.4, -0.2) is 36.8 Å². The van der Waals surface area contributed by atoms with Crippen LogP contribution in [0.3, 0.4) is 0 Å². The SMILES string of the molecule is O[C@H]1CC[C@H](Nc2ccc3ncc(-c4cc5cnccc5s4)n3n2)CC1. The summed E-state index contributed by atoms with van der Waals surface area (Å²) in [6, 6.07) is 8.51. The second-order valence-electron chi connectivity index (χ2n) is 6.81. The Balaban J connectivity index is 1.49. The van der Waals surface area contributed by atoms with Gasteiger partial charge >= 0.3 is 0 Å². The highest BCUT2D eigenvalue weighted by Crippen LogP contribution is 2.33. The van der Waals surface area contributed by atoms with E-state index in [1.807, 2.05) is 41.3 Å². The zero-order chi connectivity index (χ0) is 17.5. The lowest BCUT2D eigenvalue weighted by Crippen LogP contribution is -2.28. The molecule has 1 saturated carbocycles. The Labute approximate surface area is 154 Å². The Kier molecular flexibility index (Phi) is 3.83. The smallest absolute Gasteiger partial charge is 0.154 e. The van der Waals surface area contributed by atoms with E-state index in [-0.39, 0.29) is 6.10 Å². The third-order valence-corrected chi connectivity index (χ3v) is 6.12. The zero-order valence-corrected chi connectivity index (χ0v) is 15.0. The van der Waals surface area contributed by atoms with Gasteiger partial charge in [-0.25, -0.2) is 9.50 Å². The molecule has 4 aromatic heterocycles. The Morgan fingerprint density at radius 2 is 2.00 bits per heavy atom. The first-order valence-corrected chi connectivity index (χ1v) is 9.71. The van der Waals surface area contributed by atoms with Crippen LogP contribution in [0.4, 0.5) is 5.82 Å². The Bertz CT molecular complexity index is 1030. The molecule has 5 rings (SSSR count). The number of fused-ring (bicyclic) bond motifs is 2. The van der Waals surface area contributed by atoms with Crippen molar-refractivity contribution in [1.29, 1.82) is 0 Å². The molecule has 0 radical (unpaired) electrons. The van der Waals surface area contributed by atoms with Gasteiger partial charge in [0.15, 0.2) is 5.65 Å². The first kappa shape index (κ1) is 15.7. The van der Waals surface area contributed by atoms with Crippen LogP contribution in [0.2, 0.25) is 0 Å². The van der Waals surface area contributed by atoms with Gasteiger partial charge in [-0.1, -0.05) is 0 Å². The summed E-state index contributed by atoms with van der Waals surface area (Å²) in [6.07, 6.45) is 9.09. The van der Waals surface area contributed by atoms with Gasteiger partial charge in [-0.2, -0.15) is 0 Å². The lowest BCUT2D eigenvalue weighted by molar-refractivity contribution is 0.126. The summed E-state index contributed by atoms with van der Waals surface area (Å²) in [5, 5.41) is 19.1. The lowest BCUT2D eigenvalue weighted by Gasteiger charge is -2.26. The average molecular weight is 365 g/mol. The van der Waals surface area contributed by atoms with E-state index in [9.17, 15) is 5.11 Å². The normalized spacial score (nSPS) is 20.7. The van der Waals surface area contributed by atoms with Gasteiger partial charge in [-0.05, 0) is 49.9 Å². The number of nitrogens with zero attached hydrogens (tertiary/aromatic N) is 4. The maximum atomic E-state index is 9.67. The van der Waals surface area contributed by atoms with Crippen molar-refractivity contribution in [1.82, 2.24) is 19.6 Å². The monoisotopic (exact) mass is 365 g/mol. The molecule has 1 fully saturated rings. The third-order valence-electron chi connectivity index (χ3n) is 4.98. The number of thiophene rings is 1. The molecular formula is C19H19N5OS. The fourth-order valence-corrected chi connectivity index (χ4v) is 4.58. The second kappa shape index (κ2) is 6.34. The molecule has 132 valence electrons. The van der Waals surface area contributed by atoms with E-state index in [2.05, 4.69) is 21.4 Å². The summed E-state index contributed by atoms with van der Waals surface area (Å²) >= 11 is 1.72. The van der Waals surface area contributed by atoms with Crippen molar-refractivity contribution in [3.05, 3.63) is 42.9 Å². The quantitative estimate of drug-likeness (QED) is 0.579. The Morgan fingerprint density at radius 3 is 2.85 bits per heavy atom. The predicted octanol–water partition coefficient (Wildman–Crippen LogP) is 3.72. The molecule has 2 N–H and O–H groups in total. The predicted molar refractivity (Wildman–Crippen MR) is 103 cm³/mol. The van der Waals surface area contributed by atoms with Gasteiger partial charge < -0.3 is 10.4 Å². The molecule has 4 heterocycles. The molecule has 0 saturated heterocycles. The Hall–Kier alpha value is -2.51. The number of hydrogen-bond donors (Lipinski definition) is 2. The molecule has 1 aliphatic rings. The number of rotatable bonds is 3. The number of aromatic nitrogens is 4. The van der Waals surface area contributed by atoms with Gasteiger partial charge in [0, 0.05) is 28.5 Å². The summed E-state index contributed by atoms with van der Waals surface area (Å²) in [4.78, 5) is 9.82. The number of imidazole rings is 1. The molecule has 26 heavy (non-hydrogen) atoms. The largest absolute Gasteiger partial charge is 0.393 e. The van der Waals surface area contributed by atoms with E-state index < -0.39 is 0 Å². The van der Waals surface area contributed by atoms with Crippen molar-refractivity contribution in [3.63, 3.8) is 0 Å². The summed E-state index contributed by atoms with van der Waals surface area (Å²) in [7, 11) is 0. The molecule has 0 bridgehead atoms. The summed E-state index contributed by atoms with van der Waals surface area (Å²) in [5.74, 6) is 0.848. The summed E-state index contributed by atoms with van der Waals surface area (Å²) in [5.41, 5.74) is 1.82. The van der Waals surface area contributed by atoms with Crippen LogP contribution < -0.4 is 5.32 Å². The first-order valence-electron chi connectivity index (χ1n) is 8.89. The molecule has 4 aromatic rings. The van der Waals surface area contributed by atoms with Crippen LogP contribution >= 0.6 is 11.3 Å². The molecule has 0 aliphatic heterocycles. The molecule has 0 amide bonds. The fourth-order valence-electron chi connectivity index (χ4n) is 3.56. The second-order valence-corrected chi connectivity index (χ2v) is 7.89. The first-order chi connectivity index (χ1) is 12.8. The Morgan fingerprint density at radius 1 is 1.12 bits per heavy atom. The summed E-state index contributed by atoms with van der Waals surface area (Å²) < 4.78 is 3.11. The van der Waals surface area contributed by atoms with Crippen molar-refractivity contribution < 1.29 is 5.11 Å². The van der Waals surface area contributed by atoms with Crippen LogP contribution in [0, 0.1) is 0 Å². The average Bonchev–Trinajstić information content (AvgIpc) is 3.26. The molecule has 7 heteroatoms. The van der Waals surface area contributed by atoms with Crippen LogP contribution in [0.5, 0.6) is 0 Å². The van der Waals surface area contributed by atoms with Gasteiger partial charge in [0.05, 0.1) is 17.2 Å². The van der Waals surface area contributed by atoms with Gasteiger partial charge in [0.1, 0.15) is 11.5 Å². The number of aliphatic hydroxyl groups is 1. The van der Waals surface area contributed by atoms with Crippen LogP contribution in [0.25, 0.3) is 26.3 Å². The minimum Gasteiger partial charge on any atom is -0.393 e. The van der Waals surface area contributed by atoms with Crippen molar-refractivity contribution >= 4 is 32.9 Å². The van der Waals surface area contributed by atoms with Gasteiger partial charge in [-0.3, -0.25) is 4.98 Å². The van der Waals surface area contributed by atoms with Crippen LogP contribution in [0.1, 0.15) is 25.7 Å². The molecule has 0 atom stereocenters. The third kappa shape index (κ3) is 2.83. The van der Waals surface area contributed by atoms with Crippen LogP contribution in [0.15, 0.2) is 42.9 Å². The van der Waals surface area contributed by atoms with Gasteiger partial charge in [0.25, 0.3) is 0 Å². The topological polar surface area (TPSA) is 75.3 Å². The molecule has 1 aliphatic carbocycles. The van der Waals surface area contributed by atoms with E-state index in [0.29, 0.717) is 6.04 Å². The number of hydrogen-bond acceptors (Lipinski definition) is 6. The van der Waals surface area contributed by atoms with Gasteiger partial charge in [-0.15, -0.1) is 16.4 Å². The summed E-state index contributed by atoms with van der Waals surface area (Å²) in [6.45, 7) is 0. The molecule has 0 spiro atoms. The maximum absolute atomic E-state index is 9.67. The number of nitrogens with one attached hydrogen (secondary N) is 1. The molecule has 0 unspecified atom stereocenters. The minimum absolute atomic E-state index is 0.147. The molecule has 0 aromatic carbocycles. The van der Waals surface area contributed by atoms with Crippen molar-refractivity contribution in [3.8, 4) is 10.6 Å². The van der Waals surface area contributed by atoms with Crippen molar-refractivity contribution in [2.45, 2.75) is 37.8 Å². The van der Waals surface area contributed by atoms with Crippen molar-refractivity contribution in [2.75, 3.05) is 5.32 Å². The molecular weight excluding hydrogens is 346 g/mol. The minimum atomic E-state index is -0.147. The standard InChI is InChI=1S/C19H19N5OS/c25-14-3-1-13(2-4-14)22-18-5-6-19-21-11-15(24(19)23-18)17-9-12-10-20-8-7-16(12)26-17/h5-11,13-14,25H,1-4H2,(H,22,23)/t13-,14-. The van der Waals surface area contributed by atoms with E-state index in [1.54, 1.807) is 11.3 Å². The highest BCUT2D eigenvalue weighted by Gasteiger charge is 2.20. The highest BCUT2D eigenvalue weighted by molar-refractivity contribution is 7.22. The maximum Gasteiger partial charge on any atom is 0.154 e. The fraction of sp³-hybridized carbons (Fsp3) is 0.316. The number of anilines is 1. The zero-order valence-electron chi connectivity index (χ0n) is 14.2. The van der Waals surface area contributed by atoms with Gasteiger partial charge in [0.2, 0.25) is 0 Å². The van der Waals surface area contributed by atoms with Crippen LogP contribution in [-0.2, 0) is 0 Å². The van der Waals surface area contributed by atoms with Crippen molar-refractivity contribution in [2.24, 2.45) is 0 Å². The van der Waals surface area contributed by atoms with E-state index in [0.717, 1.165) is 53.1 Å². The van der Waals surface area contributed by atoms with E-state index in [1.165, 1.54) is 4.70 Å².